The fourth-order valence-corrected chi connectivity index (χ4v) is 1.89. The number of carbonyl (C=O) groups excluding carboxylic acids is 2. The van der Waals surface area contributed by atoms with Gasteiger partial charge in [-0.3, -0.25) is 9.59 Å². The topological polar surface area (TPSA) is 94.9 Å². The summed E-state index contributed by atoms with van der Waals surface area (Å²) in [4.78, 5) is 25.7. The molecule has 1 amide bonds. The van der Waals surface area contributed by atoms with Gasteiger partial charge in [-0.2, -0.15) is 0 Å². The van der Waals surface area contributed by atoms with Crippen LogP contribution in [0.25, 0.3) is 16.5 Å². The highest BCUT2D eigenvalue weighted by Crippen LogP contribution is 2.15. The number of hydrogen-bond donors (Lipinski definition) is 1. The van der Waals surface area contributed by atoms with Crippen LogP contribution in [0.15, 0.2) is 59.7 Å². The fraction of sp³-hybridized carbons (Fsp3) is 0.0588. The van der Waals surface area contributed by atoms with Crippen molar-refractivity contribution in [1.29, 1.82) is 0 Å². The Morgan fingerprint density at radius 1 is 1.09 bits per heavy atom. The molecule has 0 aliphatic carbocycles. The number of benzene rings is 2. The number of amides is 1. The molecular weight excluding hydrogens is 292 g/mol. The molecule has 2 aromatic rings. The highest BCUT2D eigenvalue weighted by Gasteiger charge is 2.02. The highest BCUT2D eigenvalue weighted by molar-refractivity contribution is 6.07. The third-order valence-electron chi connectivity index (χ3n) is 2.97. The summed E-state index contributed by atoms with van der Waals surface area (Å²) in [5.41, 5.74) is 10.9. The van der Waals surface area contributed by atoms with Crippen LogP contribution in [0.5, 0.6) is 0 Å². The van der Waals surface area contributed by atoms with E-state index in [-0.39, 0.29) is 11.7 Å². The van der Waals surface area contributed by atoms with Crippen molar-refractivity contribution in [2.75, 3.05) is 5.32 Å². The van der Waals surface area contributed by atoms with Crippen molar-refractivity contribution in [3.05, 3.63) is 76.2 Å². The van der Waals surface area contributed by atoms with E-state index in [1.807, 2.05) is 0 Å². The largest absolute Gasteiger partial charge is 0.326 e. The fourth-order valence-electron chi connectivity index (χ4n) is 1.89. The molecule has 0 aliphatic heterocycles. The summed E-state index contributed by atoms with van der Waals surface area (Å²) in [5, 5.41) is 6.12. The molecule has 6 nitrogen and oxygen atoms in total. The van der Waals surface area contributed by atoms with Gasteiger partial charge in [-0.15, -0.1) is 0 Å². The molecule has 6 heteroatoms. The average molecular weight is 306 g/mol. The molecule has 0 unspecified atom stereocenters. The third kappa shape index (κ3) is 4.84. The first-order valence-corrected chi connectivity index (χ1v) is 6.84. The zero-order chi connectivity index (χ0) is 16.7. The van der Waals surface area contributed by atoms with E-state index in [4.69, 9.17) is 5.53 Å². The number of nitrogens with zero attached hydrogens (tertiary/aromatic N) is 3. The molecule has 0 saturated carbocycles. The van der Waals surface area contributed by atoms with Crippen LogP contribution in [0.1, 0.15) is 22.8 Å². The number of nitrogens with one attached hydrogen (secondary N) is 1. The second-order valence-electron chi connectivity index (χ2n) is 4.74. The molecule has 114 valence electrons. The minimum atomic E-state index is -0.159. The molecule has 0 fully saturated rings. The maximum atomic E-state index is 12.1. The first-order chi connectivity index (χ1) is 11.1. The zero-order valence-electron chi connectivity index (χ0n) is 12.4. The number of rotatable bonds is 5. The van der Waals surface area contributed by atoms with Crippen molar-refractivity contribution in [2.24, 2.45) is 5.11 Å². The van der Waals surface area contributed by atoms with Crippen molar-refractivity contribution in [3.63, 3.8) is 0 Å². The molecule has 2 rings (SSSR count). The molecule has 23 heavy (non-hydrogen) atoms. The Hall–Kier alpha value is -3.37. The Kier molecular flexibility index (Phi) is 5.28. The normalized spacial score (nSPS) is 10.1. The molecule has 0 saturated heterocycles. The van der Waals surface area contributed by atoms with E-state index >= 15 is 0 Å². The van der Waals surface area contributed by atoms with Crippen molar-refractivity contribution >= 4 is 29.1 Å². The molecule has 0 aliphatic rings. The van der Waals surface area contributed by atoms with Crippen LogP contribution in [-0.2, 0) is 4.79 Å². The van der Waals surface area contributed by atoms with Crippen LogP contribution in [0.3, 0.4) is 0 Å². The van der Waals surface area contributed by atoms with Gasteiger partial charge in [-0.1, -0.05) is 35.5 Å². The minimum Gasteiger partial charge on any atom is -0.326 e. The van der Waals surface area contributed by atoms with E-state index in [0.717, 1.165) is 5.56 Å². The zero-order valence-corrected chi connectivity index (χ0v) is 12.4. The monoisotopic (exact) mass is 306 g/mol. The van der Waals surface area contributed by atoms with Crippen LogP contribution in [-0.4, -0.2) is 11.7 Å². The average Bonchev–Trinajstić information content (AvgIpc) is 2.54. The Balaban J connectivity index is 2.05. The standard InChI is InChI=1S/C17H14N4O2/c1-12(22)19-15-9-5-14(6-10-15)17(23)11-4-13-2-7-16(8-3-13)20-21-18/h2-11H,1H3,(H,19,22)/b11-4+. The molecular formula is C17H14N4O2. The van der Waals surface area contributed by atoms with Crippen molar-refractivity contribution in [1.82, 2.24) is 0 Å². The van der Waals surface area contributed by atoms with Crippen LogP contribution in [0.4, 0.5) is 11.4 Å². The van der Waals surface area contributed by atoms with Gasteiger partial charge in [0.2, 0.25) is 5.91 Å². The van der Waals surface area contributed by atoms with E-state index in [0.29, 0.717) is 16.9 Å². The van der Waals surface area contributed by atoms with Gasteiger partial charge in [0.15, 0.2) is 5.78 Å². The lowest BCUT2D eigenvalue weighted by Crippen LogP contribution is -2.05. The summed E-state index contributed by atoms with van der Waals surface area (Å²) in [6.45, 7) is 1.43. The van der Waals surface area contributed by atoms with Crippen LogP contribution >= 0.6 is 0 Å². The van der Waals surface area contributed by atoms with Gasteiger partial charge in [-0.25, -0.2) is 0 Å². The van der Waals surface area contributed by atoms with Gasteiger partial charge in [0.1, 0.15) is 0 Å². The van der Waals surface area contributed by atoms with E-state index in [9.17, 15) is 9.59 Å². The van der Waals surface area contributed by atoms with Gasteiger partial charge in [-0.05, 0) is 41.4 Å². The van der Waals surface area contributed by atoms with E-state index in [1.54, 1.807) is 54.6 Å². The van der Waals surface area contributed by atoms with Gasteiger partial charge < -0.3 is 5.32 Å². The molecule has 0 bridgehead atoms. The molecule has 2 aromatic carbocycles. The van der Waals surface area contributed by atoms with Crippen LogP contribution in [0, 0.1) is 0 Å². The number of ketones is 1. The van der Waals surface area contributed by atoms with Gasteiger partial charge >= 0.3 is 0 Å². The second-order valence-corrected chi connectivity index (χ2v) is 4.74. The van der Waals surface area contributed by atoms with Crippen molar-refractivity contribution in [2.45, 2.75) is 6.92 Å². The van der Waals surface area contributed by atoms with Gasteiger partial charge in [0.05, 0.1) is 0 Å². The van der Waals surface area contributed by atoms with Crippen molar-refractivity contribution in [3.8, 4) is 0 Å². The van der Waals surface area contributed by atoms with Crippen LogP contribution in [0.2, 0.25) is 0 Å². The molecule has 0 heterocycles. The molecule has 0 aromatic heterocycles. The Morgan fingerprint density at radius 3 is 2.30 bits per heavy atom. The summed E-state index contributed by atoms with van der Waals surface area (Å²) < 4.78 is 0. The second kappa shape index (κ2) is 7.59. The predicted molar refractivity (Wildman–Crippen MR) is 89.4 cm³/mol. The smallest absolute Gasteiger partial charge is 0.221 e. The number of hydrogen-bond acceptors (Lipinski definition) is 3. The maximum Gasteiger partial charge on any atom is 0.221 e. The number of anilines is 1. The summed E-state index contributed by atoms with van der Waals surface area (Å²) >= 11 is 0. The van der Waals surface area contributed by atoms with Gasteiger partial charge in [0, 0.05) is 28.8 Å². The Labute approximate surface area is 133 Å². The summed E-state index contributed by atoms with van der Waals surface area (Å²) in [5.74, 6) is -0.299. The summed E-state index contributed by atoms with van der Waals surface area (Å²) in [6.07, 6.45) is 3.15. The molecule has 0 atom stereocenters. The summed E-state index contributed by atoms with van der Waals surface area (Å²) in [6, 6.07) is 13.5. The lowest BCUT2D eigenvalue weighted by atomic mass is 10.1. The Bertz CT molecular complexity index is 786. The minimum absolute atomic E-state index is 0.140. The Morgan fingerprint density at radius 2 is 1.74 bits per heavy atom. The highest BCUT2D eigenvalue weighted by atomic mass is 16.1. The van der Waals surface area contributed by atoms with E-state index in [1.165, 1.54) is 13.0 Å². The van der Waals surface area contributed by atoms with Crippen molar-refractivity contribution < 1.29 is 9.59 Å². The third-order valence-corrected chi connectivity index (χ3v) is 2.97. The quantitative estimate of drug-likeness (QED) is 0.290. The number of allylic oxidation sites excluding steroid dienone is 1. The number of carbonyl (C=O) groups is 2. The summed E-state index contributed by atoms with van der Waals surface area (Å²) in [7, 11) is 0. The SMILES string of the molecule is CC(=O)Nc1ccc(C(=O)/C=C/c2ccc(N=[N+]=[N-])cc2)cc1. The number of azide groups is 1. The maximum absolute atomic E-state index is 12.1. The molecule has 0 radical (unpaired) electrons. The van der Waals surface area contributed by atoms with Gasteiger partial charge in [0.25, 0.3) is 0 Å². The lowest BCUT2D eigenvalue weighted by molar-refractivity contribution is -0.114. The van der Waals surface area contributed by atoms with E-state index < -0.39 is 0 Å². The first-order valence-electron chi connectivity index (χ1n) is 6.84. The van der Waals surface area contributed by atoms with Crippen LogP contribution < -0.4 is 5.32 Å². The molecule has 1 N–H and O–H groups in total. The molecule has 0 spiro atoms. The first kappa shape index (κ1) is 16.0. The van der Waals surface area contributed by atoms with E-state index in [2.05, 4.69) is 15.3 Å². The lowest BCUT2D eigenvalue weighted by Gasteiger charge is -2.02. The predicted octanol–water partition coefficient (Wildman–Crippen LogP) is 4.48.